The number of ether oxygens (including phenoxy) is 1. The summed E-state index contributed by atoms with van der Waals surface area (Å²) in [6.45, 7) is 0. The molecule has 0 unspecified atom stereocenters. The number of thioether (sulfide) groups is 1. The highest BCUT2D eigenvalue weighted by Gasteiger charge is 2.40. The molecule has 30 heavy (non-hydrogen) atoms. The monoisotopic (exact) mass is 420 g/mol. The lowest BCUT2D eigenvalue weighted by atomic mass is 10.1. The standard InChI is InChI=1S/C23H20N2O4S/c1-29-19-10-8-18(9-11-19)25-22(27)13-20(23(25)28)30-14-21(26)24-17-7-6-15-4-2-3-5-16(15)12-17/h2-12,20H,13-14H2,1H3,(H,24,26)/t20-/m0/s1. The molecule has 1 saturated heterocycles. The quantitative estimate of drug-likeness (QED) is 0.613. The molecule has 0 spiro atoms. The largest absolute Gasteiger partial charge is 0.497 e. The van der Waals surface area contributed by atoms with Gasteiger partial charge in [0.25, 0.3) is 0 Å². The number of carbonyl (C=O) groups excluding carboxylic acids is 3. The number of hydrogen-bond acceptors (Lipinski definition) is 5. The van der Waals surface area contributed by atoms with Gasteiger partial charge >= 0.3 is 0 Å². The van der Waals surface area contributed by atoms with Gasteiger partial charge in [-0.15, -0.1) is 11.8 Å². The predicted molar refractivity (Wildman–Crippen MR) is 119 cm³/mol. The van der Waals surface area contributed by atoms with E-state index in [0.717, 1.165) is 10.8 Å². The van der Waals surface area contributed by atoms with Crippen molar-refractivity contribution in [3.8, 4) is 5.75 Å². The fourth-order valence-electron chi connectivity index (χ4n) is 3.38. The fourth-order valence-corrected chi connectivity index (χ4v) is 4.31. The first-order valence-electron chi connectivity index (χ1n) is 9.46. The van der Waals surface area contributed by atoms with E-state index in [4.69, 9.17) is 4.74 Å². The molecule has 3 amide bonds. The highest BCUT2D eigenvalue weighted by molar-refractivity contribution is 8.01. The minimum atomic E-state index is -0.568. The van der Waals surface area contributed by atoms with Crippen LogP contribution in [0.2, 0.25) is 0 Å². The average molecular weight is 420 g/mol. The van der Waals surface area contributed by atoms with E-state index in [-0.39, 0.29) is 29.9 Å². The van der Waals surface area contributed by atoms with Gasteiger partial charge in [-0.3, -0.25) is 14.4 Å². The van der Waals surface area contributed by atoms with Gasteiger partial charge in [-0.1, -0.05) is 30.3 Å². The molecule has 0 radical (unpaired) electrons. The zero-order chi connectivity index (χ0) is 21.1. The maximum Gasteiger partial charge on any atom is 0.247 e. The van der Waals surface area contributed by atoms with Crippen LogP contribution < -0.4 is 15.0 Å². The molecular weight excluding hydrogens is 400 g/mol. The Morgan fingerprint density at radius 3 is 2.53 bits per heavy atom. The van der Waals surface area contributed by atoms with Crippen molar-refractivity contribution in [3.63, 3.8) is 0 Å². The van der Waals surface area contributed by atoms with E-state index in [1.54, 1.807) is 31.4 Å². The first kappa shape index (κ1) is 20.0. The Labute approximate surface area is 178 Å². The number of nitrogens with zero attached hydrogens (tertiary/aromatic N) is 1. The van der Waals surface area contributed by atoms with Crippen LogP contribution in [0.4, 0.5) is 11.4 Å². The fraction of sp³-hybridized carbons (Fsp3) is 0.174. The van der Waals surface area contributed by atoms with Gasteiger partial charge in [0.2, 0.25) is 17.7 Å². The third-order valence-electron chi connectivity index (χ3n) is 4.88. The third kappa shape index (κ3) is 4.16. The lowest BCUT2D eigenvalue weighted by molar-refractivity contribution is -0.121. The molecule has 4 rings (SSSR count). The number of benzene rings is 3. The highest BCUT2D eigenvalue weighted by Crippen LogP contribution is 2.30. The summed E-state index contributed by atoms with van der Waals surface area (Å²) in [6.07, 6.45) is 0.0821. The summed E-state index contributed by atoms with van der Waals surface area (Å²) in [5.41, 5.74) is 1.21. The Kier molecular flexibility index (Phi) is 5.72. The maximum absolute atomic E-state index is 12.7. The van der Waals surface area contributed by atoms with Crippen LogP contribution in [0, 0.1) is 0 Å². The van der Waals surface area contributed by atoms with Crippen molar-refractivity contribution in [1.29, 1.82) is 0 Å². The van der Waals surface area contributed by atoms with Crippen molar-refractivity contribution in [1.82, 2.24) is 0 Å². The Balaban J connectivity index is 1.36. The molecule has 0 aromatic heterocycles. The third-order valence-corrected chi connectivity index (χ3v) is 6.08. The number of imide groups is 1. The van der Waals surface area contributed by atoms with Crippen LogP contribution in [0.15, 0.2) is 66.7 Å². The smallest absolute Gasteiger partial charge is 0.247 e. The lowest BCUT2D eigenvalue weighted by Gasteiger charge is -2.15. The van der Waals surface area contributed by atoms with Crippen LogP contribution in [-0.2, 0) is 14.4 Å². The normalized spacial score (nSPS) is 16.2. The zero-order valence-corrected chi connectivity index (χ0v) is 17.1. The first-order chi connectivity index (χ1) is 14.5. The molecular formula is C23H20N2O4S. The maximum atomic E-state index is 12.7. The molecule has 0 aliphatic carbocycles. The van der Waals surface area contributed by atoms with E-state index in [1.165, 1.54) is 16.7 Å². The summed E-state index contributed by atoms with van der Waals surface area (Å²) in [6, 6.07) is 20.4. The van der Waals surface area contributed by atoms with Gasteiger partial charge in [0.15, 0.2) is 0 Å². The average Bonchev–Trinajstić information content (AvgIpc) is 3.05. The Hall–Kier alpha value is -3.32. The zero-order valence-electron chi connectivity index (χ0n) is 16.3. The summed E-state index contributed by atoms with van der Waals surface area (Å²) in [7, 11) is 1.55. The van der Waals surface area contributed by atoms with Crippen LogP contribution in [0.5, 0.6) is 5.75 Å². The molecule has 1 aliphatic rings. The molecule has 1 fully saturated rings. The molecule has 0 bridgehead atoms. The van der Waals surface area contributed by atoms with Gasteiger partial charge in [0.05, 0.1) is 23.8 Å². The van der Waals surface area contributed by atoms with Crippen molar-refractivity contribution in [2.24, 2.45) is 0 Å². The molecule has 7 heteroatoms. The Morgan fingerprint density at radius 1 is 1.07 bits per heavy atom. The number of nitrogens with one attached hydrogen (secondary N) is 1. The molecule has 3 aromatic rings. The van der Waals surface area contributed by atoms with Crippen molar-refractivity contribution in [3.05, 3.63) is 66.7 Å². The molecule has 1 heterocycles. The predicted octanol–water partition coefficient (Wildman–Crippen LogP) is 3.85. The summed E-state index contributed by atoms with van der Waals surface area (Å²) in [5.74, 6) is -0.0358. The van der Waals surface area contributed by atoms with E-state index >= 15 is 0 Å². The van der Waals surface area contributed by atoms with Gasteiger partial charge in [0, 0.05) is 12.1 Å². The number of rotatable bonds is 6. The molecule has 1 aliphatic heterocycles. The van der Waals surface area contributed by atoms with Crippen molar-refractivity contribution in [2.75, 3.05) is 23.1 Å². The van der Waals surface area contributed by atoms with E-state index in [1.807, 2.05) is 42.5 Å². The van der Waals surface area contributed by atoms with Crippen LogP contribution in [0.1, 0.15) is 6.42 Å². The number of carbonyl (C=O) groups is 3. The van der Waals surface area contributed by atoms with Gasteiger partial charge in [-0.25, -0.2) is 4.90 Å². The molecule has 1 N–H and O–H groups in total. The number of amides is 3. The minimum Gasteiger partial charge on any atom is -0.497 e. The van der Waals surface area contributed by atoms with E-state index in [2.05, 4.69) is 5.32 Å². The first-order valence-corrected chi connectivity index (χ1v) is 10.5. The summed E-state index contributed by atoms with van der Waals surface area (Å²) in [4.78, 5) is 38.6. The molecule has 0 saturated carbocycles. The van der Waals surface area contributed by atoms with Crippen LogP contribution in [0.25, 0.3) is 10.8 Å². The topological polar surface area (TPSA) is 75.7 Å². The van der Waals surface area contributed by atoms with E-state index < -0.39 is 5.25 Å². The number of hydrogen-bond donors (Lipinski definition) is 1. The van der Waals surface area contributed by atoms with Crippen LogP contribution in [0.3, 0.4) is 0 Å². The van der Waals surface area contributed by atoms with Crippen molar-refractivity contribution >= 4 is 51.6 Å². The number of anilines is 2. The molecule has 1 atom stereocenters. The highest BCUT2D eigenvalue weighted by atomic mass is 32.2. The minimum absolute atomic E-state index is 0.0821. The van der Waals surface area contributed by atoms with Gasteiger partial charge in [-0.05, 0) is 47.2 Å². The molecule has 6 nitrogen and oxygen atoms in total. The summed E-state index contributed by atoms with van der Waals surface area (Å²) in [5, 5.41) is 4.42. The number of methoxy groups -OCH3 is 1. The molecule has 152 valence electrons. The van der Waals surface area contributed by atoms with E-state index in [9.17, 15) is 14.4 Å². The van der Waals surface area contributed by atoms with Gasteiger partial charge in [-0.2, -0.15) is 0 Å². The van der Waals surface area contributed by atoms with Crippen LogP contribution in [-0.4, -0.2) is 35.8 Å². The van der Waals surface area contributed by atoms with Crippen molar-refractivity contribution < 1.29 is 19.1 Å². The summed E-state index contributed by atoms with van der Waals surface area (Å²) < 4.78 is 5.11. The Bertz CT molecular complexity index is 1110. The van der Waals surface area contributed by atoms with E-state index in [0.29, 0.717) is 17.1 Å². The van der Waals surface area contributed by atoms with Gasteiger partial charge < -0.3 is 10.1 Å². The summed E-state index contributed by atoms with van der Waals surface area (Å²) >= 11 is 1.18. The SMILES string of the molecule is COc1ccc(N2C(=O)C[C@H](SCC(=O)Nc3ccc4ccccc4c3)C2=O)cc1. The second kappa shape index (κ2) is 8.59. The molecule has 3 aromatic carbocycles. The number of fused-ring (bicyclic) bond motifs is 1. The lowest BCUT2D eigenvalue weighted by Crippen LogP contribution is -2.31. The second-order valence-corrected chi connectivity index (χ2v) is 8.07. The second-order valence-electron chi connectivity index (χ2n) is 6.88. The van der Waals surface area contributed by atoms with Crippen LogP contribution >= 0.6 is 11.8 Å². The van der Waals surface area contributed by atoms with Crippen molar-refractivity contribution in [2.45, 2.75) is 11.7 Å². The Morgan fingerprint density at radius 2 is 1.80 bits per heavy atom. The van der Waals surface area contributed by atoms with Gasteiger partial charge in [0.1, 0.15) is 5.75 Å².